The third kappa shape index (κ3) is 2.25. The number of thiol groups is 1. The Hall–Kier alpha value is -0.160. The second-order valence-electron chi connectivity index (χ2n) is 3.94. The Morgan fingerprint density at radius 3 is 2.86 bits per heavy atom. The molecule has 3 nitrogen and oxygen atoms in total. The minimum Gasteiger partial charge on any atom is -0.254 e. The summed E-state index contributed by atoms with van der Waals surface area (Å²) in [7, 11) is 0. The third-order valence-corrected chi connectivity index (χ3v) is 4.81. The highest BCUT2D eigenvalue weighted by Gasteiger charge is 2.32. The molecule has 0 atom stereocenters. The van der Waals surface area contributed by atoms with Gasteiger partial charge in [-0.1, -0.05) is 24.6 Å². The van der Waals surface area contributed by atoms with Crippen LogP contribution in [0.15, 0.2) is 11.5 Å². The van der Waals surface area contributed by atoms with Gasteiger partial charge in [-0.05, 0) is 24.0 Å². The fourth-order valence-electron chi connectivity index (χ4n) is 1.96. The molecule has 0 aromatic carbocycles. The topological polar surface area (TPSA) is 41.6 Å². The van der Waals surface area contributed by atoms with Crippen LogP contribution in [0.5, 0.6) is 0 Å². The number of hydrogen-bond donors (Lipinski definition) is 2. The number of aromatic amines is 1. The van der Waals surface area contributed by atoms with Crippen LogP contribution in [0.3, 0.4) is 0 Å². The van der Waals surface area contributed by atoms with E-state index in [-0.39, 0.29) is 0 Å². The van der Waals surface area contributed by atoms with Crippen LogP contribution < -0.4 is 0 Å². The lowest BCUT2D eigenvalue weighted by Gasteiger charge is -2.25. The summed E-state index contributed by atoms with van der Waals surface area (Å²) in [5, 5.41) is 7.65. The molecule has 0 radical (unpaired) electrons. The van der Waals surface area contributed by atoms with Gasteiger partial charge in [-0.25, -0.2) is 4.98 Å². The number of H-pyrrole nitrogens is 1. The molecule has 1 aromatic heterocycles. The smallest absolute Gasteiger partial charge is 0.183 e. The van der Waals surface area contributed by atoms with Crippen LogP contribution >= 0.6 is 24.4 Å². The summed E-state index contributed by atoms with van der Waals surface area (Å²) in [4.78, 5) is 4.11. The number of nitrogens with one attached hydrogen (secondary N) is 1. The maximum absolute atomic E-state index is 4.47. The van der Waals surface area contributed by atoms with Crippen molar-refractivity contribution in [3.05, 3.63) is 6.33 Å². The van der Waals surface area contributed by atoms with Crippen LogP contribution in [0.4, 0.5) is 0 Å². The highest BCUT2D eigenvalue weighted by Crippen LogP contribution is 2.42. The molecule has 78 valence electrons. The second-order valence-corrected chi connectivity index (χ2v) is 5.22. The van der Waals surface area contributed by atoms with E-state index in [1.165, 1.54) is 25.7 Å². The van der Waals surface area contributed by atoms with Crippen molar-refractivity contribution < 1.29 is 0 Å². The van der Waals surface area contributed by atoms with Gasteiger partial charge >= 0.3 is 0 Å². The Balaban J connectivity index is 1.89. The molecule has 5 heteroatoms. The van der Waals surface area contributed by atoms with Gasteiger partial charge in [0, 0.05) is 5.75 Å². The van der Waals surface area contributed by atoms with Crippen LogP contribution in [0.2, 0.25) is 0 Å². The van der Waals surface area contributed by atoms with E-state index in [1.54, 1.807) is 18.1 Å². The predicted octanol–water partition coefficient (Wildman–Crippen LogP) is 2.39. The van der Waals surface area contributed by atoms with Crippen molar-refractivity contribution in [3.8, 4) is 0 Å². The lowest BCUT2D eigenvalue weighted by Crippen LogP contribution is -2.21. The van der Waals surface area contributed by atoms with E-state index in [4.69, 9.17) is 0 Å². The summed E-state index contributed by atoms with van der Waals surface area (Å²) in [6, 6.07) is 0. The van der Waals surface area contributed by atoms with E-state index in [0.29, 0.717) is 5.41 Å². The van der Waals surface area contributed by atoms with Crippen molar-refractivity contribution in [3.63, 3.8) is 0 Å². The zero-order valence-electron chi connectivity index (χ0n) is 8.07. The first-order chi connectivity index (χ1) is 6.85. The molecule has 1 saturated carbocycles. The minimum atomic E-state index is 0.445. The van der Waals surface area contributed by atoms with Crippen LogP contribution in [0.25, 0.3) is 0 Å². The van der Waals surface area contributed by atoms with Gasteiger partial charge in [-0.2, -0.15) is 17.7 Å². The molecule has 0 aliphatic heterocycles. The van der Waals surface area contributed by atoms with E-state index >= 15 is 0 Å². The lowest BCUT2D eigenvalue weighted by molar-refractivity contribution is 0.403. The molecule has 1 heterocycles. The molecule has 0 bridgehead atoms. The lowest BCUT2D eigenvalue weighted by atomic mass is 9.91. The fourth-order valence-corrected chi connectivity index (χ4v) is 3.61. The van der Waals surface area contributed by atoms with Gasteiger partial charge in [-0.3, -0.25) is 5.10 Å². The number of aromatic nitrogens is 3. The Labute approximate surface area is 93.9 Å². The normalized spacial score (nSPS) is 20.1. The highest BCUT2D eigenvalue weighted by molar-refractivity contribution is 7.99. The van der Waals surface area contributed by atoms with E-state index in [9.17, 15) is 0 Å². The summed E-state index contributed by atoms with van der Waals surface area (Å²) in [5.41, 5.74) is 0.445. The maximum atomic E-state index is 4.47. The molecule has 14 heavy (non-hydrogen) atoms. The molecule has 2 rings (SSSR count). The maximum Gasteiger partial charge on any atom is 0.183 e. The molecule has 1 N–H and O–H groups in total. The quantitative estimate of drug-likeness (QED) is 0.615. The Bertz CT molecular complexity index is 268. The molecule has 1 aromatic rings. The molecule has 1 aliphatic rings. The summed E-state index contributed by atoms with van der Waals surface area (Å²) in [6.45, 7) is 0. The summed E-state index contributed by atoms with van der Waals surface area (Å²) in [6.07, 6.45) is 6.91. The molecule has 1 aliphatic carbocycles. The molecular weight excluding hydrogens is 214 g/mol. The fraction of sp³-hybridized carbons (Fsp3) is 0.778. The van der Waals surface area contributed by atoms with Gasteiger partial charge in [0.15, 0.2) is 5.16 Å². The average Bonchev–Trinajstić information content (AvgIpc) is 2.87. The SMILES string of the molecule is SCC1(CSc2ncn[nH]2)CCCC1. The van der Waals surface area contributed by atoms with Crippen LogP contribution in [-0.4, -0.2) is 26.7 Å². The molecule has 0 unspecified atom stereocenters. The zero-order chi connectivity index (χ0) is 9.86. The van der Waals surface area contributed by atoms with Gasteiger partial charge < -0.3 is 0 Å². The van der Waals surface area contributed by atoms with Gasteiger partial charge in [0.25, 0.3) is 0 Å². The van der Waals surface area contributed by atoms with E-state index in [0.717, 1.165) is 16.7 Å². The van der Waals surface area contributed by atoms with E-state index in [1.807, 2.05) is 0 Å². The highest BCUT2D eigenvalue weighted by atomic mass is 32.2. The first-order valence-corrected chi connectivity index (χ1v) is 6.55. The molecule has 0 amide bonds. The van der Waals surface area contributed by atoms with Gasteiger partial charge in [0.1, 0.15) is 6.33 Å². The Morgan fingerprint density at radius 1 is 1.50 bits per heavy atom. The summed E-state index contributed by atoms with van der Waals surface area (Å²) >= 11 is 6.24. The van der Waals surface area contributed by atoms with Crippen LogP contribution in [0, 0.1) is 5.41 Å². The monoisotopic (exact) mass is 229 g/mol. The number of hydrogen-bond acceptors (Lipinski definition) is 4. The molecule has 0 spiro atoms. The van der Waals surface area contributed by atoms with Crippen molar-refractivity contribution in [2.45, 2.75) is 30.8 Å². The second kappa shape index (κ2) is 4.57. The minimum absolute atomic E-state index is 0.445. The largest absolute Gasteiger partial charge is 0.254 e. The van der Waals surface area contributed by atoms with Crippen LogP contribution in [-0.2, 0) is 0 Å². The average molecular weight is 229 g/mol. The molecule has 1 fully saturated rings. The van der Waals surface area contributed by atoms with Crippen molar-refractivity contribution in [2.24, 2.45) is 5.41 Å². The van der Waals surface area contributed by atoms with Crippen LogP contribution in [0.1, 0.15) is 25.7 Å². The van der Waals surface area contributed by atoms with Crippen molar-refractivity contribution in [1.82, 2.24) is 15.2 Å². The zero-order valence-corrected chi connectivity index (χ0v) is 9.78. The van der Waals surface area contributed by atoms with E-state index < -0.39 is 0 Å². The third-order valence-electron chi connectivity index (χ3n) is 2.91. The standard InChI is InChI=1S/C9H15N3S2/c13-5-9(3-1-2-4-9)6-14-8-10-7-11-12-8/h7,13H,1-6H2,(H,10,11,12). The summed E-state index contributed by atoms with van der Waals surface area (Å²) in [5.74, 6) is 2.11. The number of thioether (sulfide) groups is 1. The Kier molecular flexibility index (Phi) is 3.38. The first kappa shape index (κ1) is 10.4. The number of nitrogens with zero attached hydrogens (tertiary/aromatic N) is 2. The number of rotatable bonds is 4. The predicted molar refractivity (Wildman–Crippen MR) is 61.9 cm³/mol. The van der Waals surface area contributed by atoms with Gasteiger partial charge in [0.2, 0.25) is 0 Å². The van der Waals surface area contributed by atoms with Crippen molar-refractivity contribution in [2.75, 3.05) is 11.5 Å². The van der Waals surface area contributed by atoms with E-state index in [2.05, 4.69) is 27.8 Å². The van der Waals surface area contributed by atoms with Gasteiger partial charge in [0.05, 0.1) is 0 Å². The molecule has 0 saturated heterocycles. The summed E-state index contributed by atoms with van der Waals surface area (Å²) < 4.78 is 0. The van der Waals surface area contributed by atoms with Crippen molar-refractivity contribution >= 4 is 24.4 Å². The molecular formula is C9H15N3S2. The first-order valence-electron chi connectivity index (χ1n) is 4.94. The van der Waals surface area contributed by atoms with Crippen molar-refractivity contribution in [1.29, 1.82) is 0 Å². The van der Waals surface area contributed by atoms with Gasteiger partial charge in [-0.15, -0.1) is 0 Å². The Morgan fingerprint density at radius 2 is 2.29 bits per heavy atom.